The van der Waals surface area contributed by atoms with Crippen molar-refractivity contribution < 1.29 is 4.79 Å². The summed E-state index contributed by atoms with van der Waals surface area (Å²) in [5.74, 6) is 0.0237. The number of thiophene rings is 1. The summed E-state index contributed by atoms with van der Waals surface area (Å²) in [5, 5.41) is 3.95. The number of halogens is 3. The zero-order valence-corrected chi connectivity index (χ0v) is 13.9. The zero-order valence-electron chi connectivity index (χ0n) is 8.36. The van der Waals surface area contributed by atoms with Crippen LogP contribution in [0.4, 0.5) is 0 Å². The molecule has 2 rings (SSSR count). The molecule has 1 aromatic rings. The Hall–Kier alpha value is 0.610. The van der Waals surface area contributed by atoms with Gasteiger partial charge in [0.2, 0.25) is 0 Å². The number of carbonyl (C=O) groups is 1. The van der Waals surface area contributed by atoms with Gasteiger partial charge in [-0.25, -0.2) is 0 Å². The SMILES string of the molecule is O=C(NC1(CBr)CCC1)c1cc(Br)c(Br)s1. The van der Waals surface area contributed by atoms with Gasteiger partial charge in [0.1, 0.15) is 0 Å². The van der Waals surface area contributed by atoms with E-state index < -0.39 is 0 Å². The number of hydrogen-bond acceptors (Lipinski definition) is 2. The van der Waals surface area contributed by atoms with Gasteiger partial charge in [0.25, 0.3) is 5.91 Å². The molecular formula is C10H10Br3NOS. The fraction of sp³-hybridized carbons (Fsp3) is 0.500. The highest BCUT2D eigenvalue weighted by atomic mass is 79.9. The lowest BCUT2D eigenvalue weighted by atomic mass is 9.78. The molecule has 0 radical (unpaired) electrons. The van der Waals surface area contributed by atoms with Crippen molar-refractivity contribution in [3.8, 4) is 0 Å². The Labute approximate surface area is 124 Å². The lowest BCUT2D eigenvalue weighted by molar-refractivity contribution is 0.0861. The van der Waals surface area contributed by atoms with E-state index in [1.54, 1.807) is 0 Å². The molecule has 0 spiro atoms. The summed E-state index contributed by atoms with van der Waals surface area (Å²) in [7, 11) is 0. The Morgan fingerprint density at radius 3 is 2.56 bits per heavy atom. The summed E-state index contributed by atoms with van der Waals surface area (Å²) in [5.41, 5.74) is -0.0139. The van der Waals surface area contributed by atoms with Crippen molar-refractivity contribution in [1.82, 2.24) is 5.32 Å². The molecule has 16 heavy (non-hydrogen) atoms. The molecule has 1 amide bonds. The molecule has 0 saturated heterocycles. The average Bonchev–Trinajstić information content (AvgIpc) is 2.53. The Kier molecular flexibility index (Phi) is 4.14. The molecular weight excluding hydrogens is 422 g/mol. The molecule has 1 fully saturated rings. The molecule has 0 unspecified atom stereocenters. The van der Waals surface area contributed by atoms with Gasteiger partial charge in [-0.05, 0) is 57.2 Å². The molecule has 1 aromatic heterocycles. The van der Waals surface area contributed by atoms with Crippen LogP contribution in [0.3, 0.4) is 0 Å². The summed E-state index contributed by atoms with van der Waals surface area (Å²) in [6.07, 6.45) is 3.33. The Morgan fingerprint density at radius 1 is 1.50 bits per heavy atom. The first-order chi connectivity index (χ1) is 7.56. The van der Waals surface area contributed by atoms with Gasteiger partial charge >= 0.3 is 0 Å². The minimum Gasteiger partial charge on any atom is -0.345 e. The van der Waals surface area contributed by atoms with Gasteiger partial charge in [-0.2, -0.15) is 0 Å². The van der Waals surface area contributed by atoms with Gasteiger partial charge in [0.15, 0.2) is 0 Å². The first-order valence-electron chi connectivity index (χ1n) is 4.90. The van der Waals surface area contributed by atoms with Gasteiger partial charge in [-0.1, -0.05) is 15.9 Å². The van der Waals surface area contributed by atoms with Crippen molar-refractivity contribution in [2.24, 2.45) is 0 Å². The van der Waals surface area contributed by atoms with Crippen LogP contribution in [0.2, 0.25) is 0 Å². The smallest absolute Gasteiger partial charge is 0.261 e. The number of hydrogen-bond donors (Lipinski definition) is 1. The van der Waals surface area contributed by atoms with Crippen LogP contribution in [0, 0.1) is 0 Å². The highest BCUT2D eigenvalue weighted by molar-refractivity contribution is 9.13. The molecule has 1 N–H and O–H groups in total. The van der Waals surface area contributed by atoms with E-state index in [9.17, 15) is 4.79 Å². The minimum atomic E-state index is -0.0139. The molecule has 1 heterocycles. The van der Waals surface area contributed by atoms with E-state index in [1.165, 1.54) is 17.8 Å². The summed E-state index contributed by atoms with van der Waals surface area (Å²) < 4.78 is 1.89. The first-order valence-corrected chi connectivity index (χ1v) is 8.42. The topological polar surface area (TPSA) is 29.1 Å². The lowest BCUT2D eigenvalue weighted by Gasteiger charge is -2.41. The first kappa shape index (κ1) is 13.1. The number of nitrogens with one attached hydrogen (secondary N) is 1. The maximum Gasteiger partial charge on any atom is 0.261 e. The lowest BCUT2D eigenvalue weighted by Crippen LogP contribution is -2.54. The van der Waals surface area contributed by atoms with E-state index >= 15 is 0 Å². The number of rotatable bonds is 3. The molecule has 0 aromatic carbocycles. The van der Waals surface area contributed by atoms with E-state index in [2.05, 4.69) is 53.1 Å². The fourth-order valence-electron chi connectivity index (χ4n) is 1.66. The highest BCUT2D eigenvalue weighted by Gasteiger charge is 2.37. The zero-order chi connectivity index (χ0) is 11.8. The summed E-state index contributed by atoms with van der Waals surface area (Å²) in [6.45, 7) is 0. The van der Waals surface area contributed by atoms with Gasteiger partial charge in [0.05, 0.1) is 14.2 Å². The van der Waals surface area contributed by atoms with E-state index in [4.69, 9.17) is 0 Å². The van der Waals surface area contributed by atoms with Crippen molar-refractivity contribution in [2.75, 3.05) is 5.33 Å². The molecule has 88 valence electrons. The molecule has 0 atom stereocenters. The molecule has 2 nitrogen and oxygen atoms in total. The monoisotopic (exact) mass is 429 g/mol. The van der Waals surface area contributed by atoms with E-state index in [0.717, 1.165) is 31.3 Å². The maximum absolute atomic E-state index is 12.0. The second kappa shape index (κ2) is 5.08. The Morgan fingerprint density at radius 2 is 2.19 bits per heavy atom. The second-order valence-electron chi connectivity index (χ2n) is 3.95. The fourth-order valence-corrected chi connectivity index (χ4v) is 4.29. The van der Waals surface area contributed by atoms with Crippen LogP contribution < -0.4 is 5.32 Å². The predicted molar refractivity (Wildman–Crippen MR) is 77.6 cm³/mol. The van der Waals surface area contributed by atoms with Crippen LogP contribution in [-0.2, 0) is 0 Å². The molecule has 0 aliphatic heterocycles. The predicted octanol–water partition coefficient (Wildman–Crippen LogP) is 4.32. The van der Waals surface area contributed by atoms with E-state index in [1.807, 2.05) is 6.07 Å². The van der Waals surface area contributed by atoms with Crippen molar-refractivity contribution in [3.63, 3.8) is 0 Å². The third-order valence-corrected chi connectivity index (χ3v) is 7.14. The van der Waals surface area contributed by atoms with Gasteiger partial charge < -0.3 is 5.32 Å². The molecule has 1 saturated carbocycles. The molecule has 6 heteroatoms. The van der Waals surface area contributed by atoms with Gasteiger partial charge in [-0.15, -0.1) is 11.3 Å². The maximum atomic E-state index is 12.0. The van der Waals surface area contributed by atoms with Crippen molar-refractivity contribution in [2.45, 2.75) is 24.8 Å². The number of carbonyl (C=O) groups excluding carboxylic acids is 1. The highest BCUT2D eigenvalue weighted by Crippen LogP contribution is 2.36. The van der Waals surface area contributed by atoms with Crippen molar-refractivity contribution >= 4 is 65.0 Å². The average molecular weight is 432 g/mol. The van der Waals surface area contributed by atoms with Crippen molar-refractivity contribution in [1.29, 1.82) is 0 Å². The summed E-state index contributed by atoms with van der Waals surface area (Å²) >= 11 is 11.7. The van der Waals surface area contributed by atoms with E-state index in [0.29, 0.717) is 0 Å². The second-order valence-corrected chi connectivity index (χ2v) is 7.74. The Balaban J connectivity index is 2.08. The van der Waals surface area contributed by atoms with Gasteiger partial charge in [-0.3, -0.25) is 4.79 Å². The van der Waals surface area contributed by atoms with E-state index in [-0.39, 0.29) is 11.4 Å². The van der Waals surface area contributed by atoms with Crippen molar-refractivity contribution in [3.05, 3.63) is 19.2 Å². The summed E-state index contributed by atoms with van der Waals surface area (Å²) in [6, 6.07) is 1.85. The summed E-state index contributed by atoms with van der Waals surface area (Å²) in [4.78, 5) is 12.8. The van der Waals surface area contributed by atoms with Crippen LogP contribution in [0.5, 0.6) is 0 Å². The van der Waals surface area contributed by atoms with Crippen LogP contribution in [0.25, 0.3) is 0 Å². The third-order valence-electron chi connectivity index (χ3n) is 2.81. The van der Waals surface area contributed by atoms with Gasteiger partial charge in [0, 0.05) is 9.80 Å². The number of amides is 1. The molecule has 1 aliphatic carbocycles. The molecule has 1 aliphatic rings. The van der Waals surface area contributed by atoms with Crippen LogP contribution in [-0.4, -0.2) is 16.8 Å². The minimum absolute atomic E-state index is 0.0139. The number of alkyl halides is 1. The third kappa shape index (κ3) is 2.54. The van der Waals surface area contributed by atoms with Crippen LogP contribution in [0.1, 0.15) is 28.9 Å². The molecule has 0 bridgehead atoms. The Bertz CT molecular complexity index is 389. The quantitative estimate of drug-likeness (QED) is 0.709. The normalized spacial score (nSPS) is 17.9. The van der Waals surface area contributed by atoms with Crippen LogP contribution >= 0.6 is 59.1 Å². The standard InChI is InChI=1S/C10H10Br3NOS/c11-5-10(2-1-3-10)14-9(15)7-4-6(12)8(13)16-7/h4H,1-3,5H2,(H,14,15). The largest absolute Gasteiger partial charge is 0.345 e. The van der Waals surface area contributed by atoms with Crippen LogP contribution in [0.15, 0.2) is 14.3 Å².